The van der Waals surface area contributed by atoms with Crippen molar-refractivity contribution in [3.05, 3.63) is 59.9 Å². The van der Waals surface area contributed by atoms with Gasteiger partial charge in [-0.25, -0.2) is 14.4 Å². The van der Waals surface area contributed by atoms with Crippen molar-refractivity contribution in [2.24, 2.45) is 0 Å². The summed E-state index contributed by atoms with van der Waals surface area (Å²) in [6, 6.07) is 13.3. The predicted octanol–water partition coefficient (Wildman–Crippen LogP) is 3.82. The molecule has 6 nitrogen and oxygen atoms in total. The normalized spacial score (nSPS) is 12.4. The molecule has 7 heteroatoms. The summed E-state index contributed by atoms with van der Waals surface area (Å²) >= 11 is 0. The molecule has 4 aromatic rings. The Hall–Kier alpha value is -3.48. The predicted molar refractivity (Wildman–Crippen MR) is 108 cm³/mol. The van der Waals surface area contributed by atoms with E-state index >= 15 is 0 Å². The van der Waals surface area contributed by atoms with Crippen LogP contribution in [0, 0.1) is 5.82 Å². The first kappa shape index (κ1) is 17.9. The van der Waals surface area contributed by atoms with Crippen molar-refractivity contribution >= 4 is 33.9 Å². The third kappa shape index (κ3) is 2.94. The molecule has 4 rings (SSSR count). The second-order valence-electron chi connectivity index (χ2n) is 6.74. The smallest absolute Gasteiger partial charge is 0.257 e. The number of rotatable bonds is 4. The highest BCUT2D eigenvalue weighted by atomic mass is 19.1. The van der Waals surface area contributed by atoms with E-state index in [9.17, 15) is 9.18 Å². The van der Waals surface area contributed by atoms with Crippen LogP contribution in [-0.4, -0.2) is 26.5 Å². The third-order valence-corrected chi connectivity index (χ3v) is 4.80. The van der Waals surface area contributed by atoms with Gasteiger partial charge in [-0.1, -0.05) is 19.1 Å². The largest absolute Gasteiger partial charge is 0.384 e. The monoisotopic (exact) mass is 377 g/mol. The number of aromatic nitrogens is 3. The minimum absolute atomic E-state index is 0.00969. The van der Waals surface area contributed by atoms with Crippen molar-refractivity contribution in [2.45, 2.75) is 26.3 Å². The van der Waals surface area contributed by atoms with Crippen molar-refractivity contribution in [3.63, 3.8) is 0 Å². The number of benzene rings is 2. The maximum atomic E-state index is 13.4. The van der Waals surface area contributed by atoms with Gasteiger partial charge in [-0.2, -0.15) is 0 Å². The maximum absolute atomic E-state index is 13.4. The standard InChI is InChI=1S/C21H20FN5O/c1-3-12(2)24-21(28)17-18-20(26-16-7-5-4-6-15(16)25-18)27(19(17)23)14-10-8-13(22)9-11-14/h4-12H,3,23H2,1-2H3,(H,24,28). The minimum Gasteiger partial charge on any atom is -0.384 e. The zero-order chi connectivity index (χ0) is 19.8. The first-order valence-electron chi connectivity index (χ1n) is 9.13. The number of hydrogen-bond donors (Lipinski definition) is 2. The van der Waals surface area contributed by atoms with Gasteiger partial charge in [0.1, 0.15) is 22.7 Å². The van der Waals surface area contributed by atoms with E-state index in [0.717, 1.165) is 6.42 Å². The van der Waals surface area contributed by atoms with Crippen LogP contribution in [0.5, 0.6) is 0 Å². The molecule has 0 spiro atoms. The van der Waals surface area contributed by atoms with Crippen LogP contribution < -0.4 is 11.1 Å². The second-order valence-corrected chi connectivity index (χ2v) is 6.74. The summed E-state index contributed by atoms with van der Waals surface area (Å²) in [7, 11) is 0. The van der Waals surface area contributed by atoms with Gasteiger partial charge in [-0.05, 0) is 49.7 Å². The summed E-state index contributed by atoms with van der Waals surface area (Å²) in [5, 5.41) is 2.94. The van der Waals surface area contributed by atoms with Gasteiger partial charge in [-0.3, -0.25) is 9.36 Å². The number of amides is 1. The van der Waals surface area contributed by atoms with Crippen LogP contribution in [0.4, 0.5) is 10.2 Å². The summed E-state index contributed by atoms with van der Waals surface area (Å²) in [5.74, 6) is -0.440. The summed E-state index contributed by atoms with van der Waals surface area (Å²) in [4.78, 5) is 22.3. The molecular weight excluding hydrogens is 357 g/mol. The number of halogens is 1. The van der Waals surface area contributed by atoms with Gasteiger partial charge in [-0.15, -0.1) is 0 Å². The zero-order valence-corrected chi connectivity index (χ0v) is 15.6. The lowest BCUT2D eigenvalue weighted by molar-refractivity contribution is 0.0941. The Morgan fingerprint density at radius 2 is 1.79 bits per heavy atom. The van der Waals surface area contributed by atoms with E-state index in [4.69, 9.17) is 5.73 Å². The Bertz CT molecular complexity index is 1180. The lowest BCUT2D eigenvalue weighted by Crippen LogP contribution is -2.32. The average molecular weight is 377 g/mol. The second kappa shape index (κ2) is 6.92. The lowest BCUT2D eigenvalue weighted by atomic mass is 10.2. The van der Waals surface area contributed by atoms with E-state index in [1.165, 1.54) is 12.1 Å². The fourth-order valence-corrected chi connectivity index (χ4v) is 3.13. The van der Waals surface area contributed by atoms with Crippen LogP contribution in [0.25, 0.3) is 27.9 Å². The molecule has 0 saturated heterocycles. The molecule has 3 N–H and O–H groups in total. The zero-order valence-electron chi connectivity index (χ0n) is 15.6. The number of nitrogen functional groups attached to an aromatic ring is 1. The Balaban J connectivity index is 2.02. The fourth-order valence-electron chi connectivity index (χ4n) is 3.13. The van der Waals surface area contributed by atoms with Gasteiger partial charge in [0, 0.05) is 11.7 Å². The highest BCUT2D eigenvalue weighted by Gasteiger charge is 2.25. The van der Waals surface area contributed by atoms with Gasteiger partial charge >= 0.3 is 0 Å². The molecule has 1 unspecified atom stereocenters. The van der Waals surface area contributed by atoms with Crippen LogP contribution in [0.15, 0.2) is 48.5 Å². The number of nitrogens with two attached hydrogens (primary N) is 1. The van der Waals surface area contributed by atoms with Gasteiger partial charge in [0.2, 0.25) is 0 Å². The molecule has 1 amide bonds. The van der Waals surface area contributed by atoms with E-state index in [1.54, 1.807) is 16.7 Å². The molecule has 28 heavy (non-hydrogen) atoms. The number of nitrogens with zero attached hydrogens (tertiary/aromatic N) is 3. The van der Waals surface area contributed by atoms with Crippen molar-refractivity contribution in [3.8, 4) is 5.69 Å². The summed E-state index contributed by atoms with van der Waals surface area (Å²) in [6.45, 7) is 3.91. The van der Waals surface area contributed by atoms with E-state index in [-0.39, 0.29) is 29.1 Å². The lowest BCUT2D eigenvalue weighted by Gasteiger charge is -2.11. The molecule has 0 aliphatic carbocycles. The van der Waals surface area contributed by atoms with E-state index < -0.39 is 0 Å². The van der Waals surface area contributed by atoms with E-state index in [2.05, 4.69) is 15.3 Å². The number of nitrogens with one attached hydrogen (secondary N) is 1. The molecule has 0 bridgehead atoms. The highest BCUT2D eigenvalue weighted by Crippen LogP contribution is 2.31. The quantitative estimate of drug-likeness (QED) is 0.566. The molecule has 1 atom stereocenters. The topological polar surface area (TPSA) is 85.8 Å². The van der Waals surface area contributed by atoms with Crippen LogP contribution in [0.2, 0.25) is 0 Å². The number of carbonyl (C=O) groups is 1. The molecule has 0 aliphatic rings. The number of fused-ring (bicyclic) bond motifs is 2. The van der Waals surface area contributed by atoms with Gasteiger partial charge in [0.25, 0.3) is 5.91 Å². The number of anilines is 1. The molecule has 2 heterocycles. The molecule has 2 aromatic carbocycles. The molecule has 0 saturated carbocycles. The van der Waals surface area contributed by atoms with Crippen molar-refractivity contribution in [1.29, 1.82) is 0 Å². The molecule has 0 radical (unpaired) electrons. The highest BCUT2D eigenvalue weighted by molar-refractivity contribution is 6.11. The van der Waals surface area contributed by atoms with E-state index in [0.29, 0.717) is 27.9 Å². The minimum atomic E-state index is -0.356. The molecule has 142 valence electrons. The maximum Gasteiger partial charge on any atom is 0.257 e. The molecule has 2 aromatic heterocycles. The molecule has 0 fully saturated rings. The average Bonchev–Trinajstić information content (AvgIpc) is 2.97. The van der Waals surface area contributed by atoms with E-state index in [1.807, 2.05) is 38.1 Å². The van der Waals surface area contributed by atoms with Crippen molar-refractivity contribution in [1.82, 2.24) is 19.9 Å². The summed E-state index contributed by atoms with van der Waals surface area (Å²) in [5.41, 5.74) is 9.51. The van der Waals surface area contributed by atoms with Gasteiger partial charge in [0.15, 0.2) is 5.65 Å². The number of hydrogen-bond acceptors (Lipinski definition) is 4. The van der Waals surface area contributed by atoms with Crippen LogP contribution in [0.3, 0.4) is 0 Å². The Morgan fingerprint density at radius 3 is 2.43 bits per heavy atom. The fraction of sp³-hybridized carbons (Fsp3) is 0.190. The molecular formula is C21H20FN5O. The van der Waals surface area contributed by atoms with Gasteiger partial charge in [0.05, 0.1) is 11.0 Å². The number of para-hydroxylation sites is 2. The van der Waals surface area contributed by atoms with Crippen molar-refractivity contribution in [2.75, 3.05) is 5.73 Å². The Labute approximate surface area is 161 Å². The van der Waals surface area contributed by atoms with Crippen LogP contribution in [-0.2, 0) is 0 Å². The Morgan fingerprint density at radius 1 is 1.14 bits per heavy atom. The summed E-state index contributed by atoms with van der Waals surface area (Å²) in [6.07, 6.45) is 0.789. The number of carbonyl (C=O) groups excluding carboxylic acids is 1. The Kier molecular flexibility index (Phi) is 4.43. The summed E-state index contributed by atoms with van der Waals surface area (Å²) < 4.78 is 15.0. The van der Waals surface area contributed by atoms with Crippen LogP contribution in [0.1, 0.15) is 30.6 Å². The SMILES string of the molecule is CCC(C)NC(=O)c1c(N)n(-c2ccc(F)cc2)c2nc3ccccc3nc12. The third-order valence-electron chi connectivity index (χ3n) is 4.80. The van der Waals surface area contributed by atoms with Crippen LogP contribution >= 0.6 is 0 Å². The first-order valence-corrected chi connectivity index (χ1v) is 9.13. The molecule has 0 aliphatic heterocycles. The van der Waals surface area contributed by atoms with Crippen molar-refractivity contribution < 1.29 is 9.18 Å². The van der Waals surface area contributed by atoms with Gasteiger partial charge < -0.3 is 11.1 Å². The first-order chi connectivity index (χ1) is 13.5.